The molecule has 0 saturated carbocycles. The maximum Gasteiger partial charge on any atom is 0.333 e. The molecular weight excluding hydrogens is 234 g/mol. The quantitative estimate of drug-likeness (QED) is 0.623. The summed E-state index contributed by atoms with van der Waals surface area (Å²) in [5.41, 5.74) is 0.625. The summed E-state index contributed by atoms with van der Waals surface area (Å²) in [5.74, 6) is 0.630. The molecule has 1 aromatic rings. The van der Waals surface area contributed by atoms with Crippen LogP contribution in [-0.4, -0.2) is 40.9 Å². The highest BCUT2D eigenvalue weighted by atomic mass is 16.6. The minimum atomic E-state index is -0.327. The molecule has 1 aliphatic rings. The fraction of sp³-hybridized carbons (Fsp3) is 0.727. The van der Waals surface area contributed by atoms with Crippen molar-refractivity contribution in [1.82, 2.24) is 15.1 Å². The van der Waals surface area contributed by atoms with E-state index in [9.17, 15) is 10.1 Å². The monoisotopic (exact) mass is 253 g/mol. The van der Waals surface area contributed by atoms with Crippen LogP contribution in [0.4, 0.5) is 11.5 Å². The standard InChI is InChI=1S/C11H19N5O2/c1-4-5-15-11(14(3)9-6-12-7-9)10(16(17)18)8(2)13-15/h9,12H,4-7H2,1-3H3. The van der Waals surface area contributed by atoms with Crippen molar-refractivity contribution in [2.75, 3.05) is 25.0 Å². The van der Waals surface area contributed by atoms with Gasteiger partial charge < -0.3 is 10.2 Å². The predicted octanol–water partition coefficient (Wildman–Crippen LogP) is 0.918. The lowest BCUT2D eigenvalue weighted by molar-refractivity contribution is -0.384. The van der Waals surface area contributed by atoms with Crippen LogP contribution in [0.2, 0.25) is 0 Å². The molecule has 0 radical (unpaired) electrons. The van der Waals surface area contributed by atoms with E-state index in [1.807, 2.05) is 18.9 Å². The Labute approximate surface area is 106 Å². The van der Waals surface area contributed by atoms with Crippen molar-refractivity contribution < 1.29 is 4.92 Å². The van der Waals surface area contributed by atoms with Crippen LogP contribution < -0.4 is 10.2 Å². The molecule has 1 aromatic heterocycles. The average molecular weight is 253 g/mol. The van der Waals surface area contributed by atoms with E-state index in [-0.39, 0.29) is 10.6 Å². The summed E-state index contributed by atoms with van der Waals surface area (Å²) >= 11 is 0. The largest absolute Gasteiger partial charge is 0.349 e. The molecule has 18 heavy (non-hydrogen) atoms. The van der Waals surface area contributed by atoms with Crippen LogP contribution in [0.1, 0.15) is 19.0 Å². The van der Waals surface area contributed by atoms with Crippen LogP contribution in [0, 0.1) is 17.0 Å². The molecule has 0 atom stereocenters. The molecule has 100 valence electrons. The van der Waals surface area contributed by atoms with E-state index in [0.717, 1.165) is 19.5 Å². The van der Waals surface area contributed by atoms with Crippen molar-refractivity contribution in [1.29, 1.82) is 0 Å². The lowest BCUT2D eigenvalue weighted by atomic mass is 10.1. The highest BCUT2D eigenvalue weighted by Gasteiger charge is 2.32. The zero-order chi connectivity index (χ0) is 13.3. The molecule has 0 aliphatic carbocycles. The van der Waals surface area contributed by atoms with E-state index in [2.05, 4.69) is 10.4 Å². The third-order valence-electron chi connectivity index (χ3n) is 3.33. The molecule has 1 fully saturated rings. The second-order valence-electron chi connectivity index (χ2n) is 4.66. The summed E-state index contributed by atoms with van der Waals surface area (Å²) in [4.78, 5) is 12.9. The zero-order valence-corrected chi connectivity index (χ0v) is 11.0. The Morgan fingerprint density at radius 1 is 1.61 bits per heavy atom. The summed E-state index contributed by atoms with van der Waals surface area (Å²) in [6.45, 7) is 6.17. The van der Waals surface area contributed by atoms with Gasteiger partial charge in [0.2, 0.25) is 5.82 Å². The number of likely N-dealkylation sites (N-methyl/N-ethyl adjacent to an activating group) is 1. The van der Waals surface area contributed by atoms with E-state index >= 15 is 0 Å². The van der Waals surface area contributed by atoms with Crippen LogP contribution in [0.5, 0.6) is 0 Å². The van der Waals surface area contributed by atoms with Crippen LogP contribution in [0.3, 0.4) is 0 Å². The first-order chi connectivity index (χ1) is 8.56. The fourth-order valence-electron chi connectivity index (χ4n) is 2.21. The van der Waals surface area contributed by atoms with Gasteiger partial charge in [-0.3, -0.25) is 10.1 Å². The maximum atomic E-state index is 11.2. The second kappa shape index (κ2) is 4.93. The molecular formula is C11H19N5O2. The van der Waals surface area contributed by atoms with Crippen LogP contribution in [0.25, 0.3) is 0 Å². The lowest BCUT2D eigenvalue weighted by Gasteiger charge is -2.36. The minimum absolute atomic E-state index is 0.137. The molecule has 7 nitrogen and oxygen atoms in total. The van der Waals surface area contributed by atoms with E-state index in [1.165, 1.54) is 0 Å². The molecule has 2 rings (SSSR count). The topological polar surface area (TPSA) is 76.2 Å². The second-order valence-corrected chi connectivity index (χ2v) is 4.66. The first kappa shape index (κ1) is 12.8. The summed E-state index contributed by atoms with van der Waals surface area (Å²) in [5, 5.41) is 18.7. The Morgan fingerprint density at radius 2 is 2.28 bits per heavy atom. The smallest absolute Gasteiger partial charge is 0.333 e. The van der Waals surface area contributed by atoms with Gasteiger partial charge in [-0.2, -0.15) is 5.10 Å². The highest BCUT2D eigenvalue weighted by molar-refractivity contribution is 5.61. The average Bonchev–Trinajstić information content (AvgIpc) is 2.52. The van der Waals surface area contributed by atoms with Gasteiger partial charge in [-0.15, -0.1) is 0 Å². The summed E-state index contributed by atoms with van der Waals surface area (Å²) < 4.78 is 1.76. The molecule has 0 spiro atoms. The number of anilines is 1. The van der Waals surface area contributed by atoms with Gasteiger partial charge in [0.15, 0.2) is 0 Å². The normalized spacial score (nSPS) is 15.5. The maximum absolute atomic E-state index is 11.2. The lowest BCUT2D eigenvalue weighted by Crippen LogP contribution is -2.56. The van der Waals surface area contributed by atoms with Crippen molar-refractivity contribution in [3.05, 3.63) is 15.8 Å². The van der Waals surface area contributed by atoms with Gasteiger partial charge in [0.05, 0.1) is 11.0 Å². The first-order valence-corrected chi connectivity index (χ1v) is 6.21. The minimum Gasteiger partial charge on any atom is -0.349 e. The van der Waals surface area contributed by atoms with Crippen LogP contribution >= 0.6 is 0 Å². The summed E-state index contributed by atoms with van der Waals surface area (Å²) in [6, 6.07) is 0.315. The molecule has 0 aromatic carbocycles. The summed E-state index contributed by atoms with van der Waals surface area (Å²) in [6.07, 6.45) is 0.905. The SMILES string of the molecule is CCCn1nc(C)c([N+](=O)[O-])c1N(C)C1CNC1. The van der Waals surface area contributed by atoms with E-state index in [4.69, 9.17) is 0 Å². The molecule has 0 amide bonds. The Balaban J connectivity index is 2.42. The third kappa shape index (κ3) is 2.05. The Morgan fingerprint density at radius 3 is 2.72 bits per heavy atom. The number of aromatic nitrogens is 2. The molecule has 0 unspecified atom stereocenters. The van der Waals surface area contributed by atoms with Crippen molar-refractivity contribution in [2.24, 2.45) is 0 Å². The molecule has 2 heterocycles. The summed E-state index contributed by atoms with van der Waals surface area (Å²) in [7, 11) is 1.90. The number of nitro groups is 1. The number of nitrogens with zero attached hydrogens (tertiary/aromatic N) is 4. The van der Waals surface area contributed by atoms with Gasteiger partial charge in [-0.05, 0) is 13.3 Å². The van der Waals surface area contributed by atoms with Crippen molar-refractivity contribution in [3.8, 4) is 0 Å². The van der Waals surface area contributed by atoms with Crippen molar-refractivity contribution >= 4 is 11.5 Å². The van der Waals surface area contributed by atoms with Gasteiger partial charge in [0.1, 0.15) is 5.69 Å². The van der Waals surface area contributed by atoms with Crippen molar-refractivity contribution in [2.45, 2.75) is 32.9 Å². The van der Waals surface area contributed by atoms with Gasteiger partial charge in [-0.25, -0.2) is 4.68 Å². The van der Waals surface area contributed by atoms with Gasteiger partial charge in [0.25, 0.3) is 0 Å². The number of aryl methyl sites for hydroxylation is 2. The van der Waals surface area contributed by atoms with Crippen LogP contribution in [0.15, 0.2) is 0 Å². The molecule has 0 bridgehead atoms. The van der Waals surface area contributed by atoms with E-state index < -0.39 is 0 Å². The van der Waals surface area contributed by atoms with Gasteiger partial charge in [-0.1, -0.05) is 6.92 Å². The zero-order valence-electron chi connectivity index (χ0n) is 11.0. The molecule has 7 heteroatoms. The number of nitrogens with one attached hydrogen (secondary N) is 1. The Kier molecular flexibility index (Phi) is 3.51. The Hall–Kier alpha value is -1.63. The highest BCUT2D eigenvalue weighted by Crippen LogP contribution is 2.32. The fourth-order valence-corrected chi connectivity index (χ4v) is 2.21. The van der Waals surface area contributed by atoms with Gasteiger partial charge >= 0.3 is 5.69 Å². The number of hydrogen-bond donors (Lipinski definition) is 1. The third-order valence-corrected chi connectivity index (χ3v) is 3.33. The number of rotatable bonds is 5. The molecule has 1 N–H and O–H groups in total. The van der Waals surface area contributed by atoms with Crippen LogP contribution in [-0.2, 0) is 6.54 Å². The van der Waals surface area contributed by atoms with E-state index in [0.29, 0.717) is 24.1 Å². The first-order valence-electron chi connectivity index (χ1n) is 6.21. The Bertz CT molecular complexity index is 453. The molecule has 1 saturated heterocycles. The molecule has 1 aliphatic heterocycles. The van der Waals surface area contributed by atoms with Crippen molar-refractivity contribution in [3.63, 3.8) is 0 Å². The predicted molar refractivity (Wildman–Crippen MR) is 69.0 cm³/mol. The van der Waals surface area contributed by atoms with E-state index in [1.54, 1.807) is 11.6 Å². The number of hydrogen-bond acceptors (Lipinski definition) is 5. The van der Waals surface area contributed by atoms with Gasteiger partial charge in [0, 0.05) is 26.7 Å².